The van der Waals surface area contributed by atoms with E-state index in [1.165, 1.54) is 0 Å². The molecule has 2 aromatic carbocycles. The second-order valence-electron chi connectivity index (χ2n) is 7.28. The Balaban J connectivity index is 1.92. The molecule has 0 heterocycles. The first-order valence-corrected chi connectivity index (χ1v) is 9.94. The molecule has 2 amide bonds. The number of hydrogen-bond acceptors (Lipinski definition) is 3. The number of hydrogen-bond donors (Lipinski definition) is 1. The van der Waals surface area contributed by atoms with Crippen LogP contribution in [0.25, 0.3) is 0 Å². The van der Waals surface area contributed by atoms with E-state index < -0.39 is 0 Å². The van der Waals surface area contributed by atoms with Gasteiger partial charge in [0, 0.05) is 44.5 Å². The standard InChI is InChI=1S/C22H26ClN3O2/c1-4-21(27)24-16-9-12-20(25(2)3)15(13-16)14-26(17-10-11-17)22(28)18-7-5-6-8-19(18)23/h5-9,12-13,17H,4,10-11,14H2,1-3H3,(H,24,27). The maximum Gasteiger partial charge on any atom is 0.255 e. The Morgan fingerprint density at radius 3 is 2.46 bits per heavy atom. The second-order valence-corrected chi connectivity index (χ2v) is 7.69. The molecular weight excluding hydrogens is 374 g/mol. The van der Waals surface area contributed by atoms with Gasteiger partial charge >= 0.3 is 0 Å². The fourth-order valence-corrected chi connectivity index (χ4v) is 3.42. The number of carbonyl (C=O) groups is 2. The van der Waals surface area contributed by atoms with E-state index in [0.29, 0.717) is 23.6 Å². The summed E-state index contributed by atoms with van der Waals surface area (Å²) in [5.74, 6) is -0.0875. The number of anilines is 2. The van der Waals surface area contributed by atoms with Crippen LogP contribution in [0, 0.1) is 0 Å². The highest BCUT2D eigenvalue weighted by molar-refractivity contribution is 6.33. The number of halogens is 1. The highest BCUT2D eigenvalue weighted by Crippen LogP contribution is 2.33. The zero-order valence-corrected chi connectivity index (χ0v) is 17.3. The molecule has 1 saturated carbocycles. The van der Waals surface area contributed by atoms with Gasteiger partial charge in [0.25, 0.3) is 5.91 Å². The van der Waals surface area contributed by atoms with Crippen molar-refractivity contribution in [3.8, 4) is 0 Å². The van der Waals surface area contributed by atoms with Crippen LogP contribution >= 0.6 is 11.6 Å². The third kappa shape index (κ3) is 4.65. The smallest absolute Gasteiger partial charge is 0.255 e. The minimum atomic E-state index is -0.0548. The van der Waals surface area contributed by atoms with Crippen LogP contribution in [0.2, 0.25) is 5.02 Å². The third-order valence-electron chi connectivity index (χ3n) is 4.86. The van der Waals surface area contributed by atoms with Gasteiger partial charge in [-0.15, -0.1) is 0 Å². The van der Waals surface area contributed by atoms with Crippen LogP contribution in [0.1, 0.15) is 42.1 Å². The lowest BCUT2D eigenvalue weighted by molar-refractivity contribution is -0.115. The SMILES string of the molecule is CCC(=O)Nc1ccc(N(C)C)c(CN(C(=O)c2ccccc2Cl)C2CC2)c1. The molecule has 6 heteroatoms. The number of amides is 2. The molecule has 0 radical (unpaired) electrons. The van der Waals surface area contributed by atoms with E-state index in [1.54, 1.807) is 12.1 Å². The number of nitrogens with zero attached hydrogens (tertiary/aromatic N) is 2. The summed E-state index contributed by atoms with van der Waals surface area (Å²) in [5, 5.41) is 3.37. The van der Waals surface area contributed by atoms with Gasteiger partial charge in [-0.1, -0.05) is 30.7 Å². The summed E-state index contributed by atoms with van der Waals surface area (Å²) in [5.41, 5.74) is 3.28. The van der Waals surface area contributed by atoms with E-state index in [2.05, 4.69) is 5.32 Å². The first-order valence-electron chi connectivity index (χ1n) is 9.56. The predicted octanol–water partition coefficient (Wildman–Crippen LogP) is 4.56. The summed E-state index contributed by atoms with van der Waals surface area (Å²) in [6.45, 7) is 2.29. The second kappa shape index (κ2) is 8.65. The molecule has 0 spiro atoms. The predicted molar refractivity (Wildman–Crippen MR) is 114 cm³/mol. The van der Waals surface area contributed by atoms with Gasteiger partial charge in [-0.25, -0.2) is 0 Å². The molecule has 0 aromatic heterocycles. The van der Waals surface area contributed by atoms with E-state index in [9.17, 15) is 9.59 Å². The molecule has 3 rings (SSSR count). The molecule has 1 aliphatic carbocycles. The minimum Gasteiger partial charge on any atom is -0.377 e. The lowest BCUT2D eigenvalue weighted by Crippen LogP contribution is -2.33. The Labute approximate surface area is 171 Å². The van der Waals surface area contributed by atoms with Gasteiger partial charge in [-0.2, -0.15) is 0 Å². The molecule has 1 N–H and O–H groups in total. The van der Waals surface area contributed by atoms with Crippen molar-refractivity contribution in [3.63, 3.8) is 0 Å². The first kappa shape index (κ1) is 20.2. The number of benzene rings is 2. The summed E-state index contributed by atoms with van der Waals surface area (Å²) < 4.78 is 0. The van der Waals surface area contributed by atoms with Gasteiger partial charge in [0.05, 0.1) is 10.6 Å². The van der Waals surface area contributed by atoms with Gasteiger partial charge < -0.3 is 15.1 Å². The van der Waals surface area contributed by atoms with Gasteiger partial charge in [0.15, 0.2) is 0 Å². The van der Waals surface area contributed by atoms with Crippen LogP contribution in [0.4, 0.5) is 11.4 Å². The van der Waals surface area contributed by atoms with Crippen molar-refractivity contribution in [2.75, 3.05) is 24.3 Å². The Bertz CT molecular complexity index is 878. The maximum absolute atomic E-state index is 13.2. The summed E-state index contributed by atoms with van der Waals surface area (Å²) in [4.78, 5) is 28.9. The number of rotatable bonds is 7. The average molecular weight is 400 g/mol. The van der Waals surface area contributed by atoms with E-state index in [0.717, 1.165) is 29.8 Å². The molecule has 148 valence electrons. The summed E-state index contributed by atoms with van der Waals surface area (Å²) >= 11 is 6.27. The van der Waals surface area contributed by atoms with E-state index in [-0.39, 0.29) is 17.9 Å². The van der Waals surface area contributed by atoms with Crippen molar-refractivity contribution in [2.45, 2.75) is 38.8 Å². The summed E-state index contributed by atoms with van der Waals surface area (Å²) in [7, 11) is 3.95. The molecule has 0 bridgehead atoms. The Hall–Kier alpha value is -2.53. The van der Waals surface area contributed by atoms with Gasteiger partial charge in [-0.3, -0.25) is 9.59 Å². The van der Waals surface area contributed by atoms with Crippen molar-refractivity contribution in [1.82, 2.24) is 4.90 Å². The molecule has 28 heavy (non-hydrogen) atoms. The van der Waals surface area contributed by atoms with Crippen LogP contribution in [0.3, 0.4) is 0 Å². The quantitative estimate of drug-likeness (QED) is 0.742. The highest BCUT2D eigenvalue weighted by Gasteiger charge is 2.34. The molecule has 1 fully saturated rings. The van der Waals surface area contributed by atoms with Crippen LogP contribution in [0.15, 0.2) is 42.5 Å². The Morgan fingerprint density at radius 1 is 1.14 bits per heavy atom. The van der Waals surface area contributed by atoms with E-state index in [1.807, 2.05) is 61.2 Å². The molecule has 2 aromatic rings. The van der Waals surface area contributed by atoms with E-state index >= 15 is 0 Å². The maximum atomic E-state index is 13.2. The Kier molecular flexibility index (Phi) is 6.25. The fraction of sp³-hybridized carbons (Fsp3) is 0.364. The summed E-state index contributed by atoms with van der Waals surface area (Å²) in [6.07, 6.45) is 2.42. The largest absolute Gasteiger partial charge is 0.377 e. The van der Waals surface area contributed by atoms with Crippen LogP contribution < -0.4 is 10.2 Å². The number of nitrogens with one attached hydrogen (secondary N) is 1. The molecule has 0 unspecified atom stereocenters. The summed E-state index contributed by atoms with van der Waals surface area (Å²) in [6, 6.07) is 13.2. The van der Waals surface area contributed by atoms with Crippen molar-refractivity contribution < 1.29 is 9.59 Å². The molecule has 0 atom stereocenters. The molecular formula is C22H26ClN3O2. The first-order chi connectivity index (χ1) is 13.4. The molecule has 5 nitrogen and oxygen atoms in total. The molecule has 0 aliphatic heterocycles. The minimum absolute atomic E-state index is 0.0326. The van der Waals surface area contributed by atoms with Crippen LogP contribution in [0.5, 0.6) is 0 Å². The van der Waals surface area contributed by atoms with Crippen molar-refractivity contribution >= 4 is 34.8 Å². The van der Waals surface area contributed by atoms with Gasteiger partial charge in [0.1, 0.15) is 0 Å². The van der Waals surface area contributed by atoms with Crippen LogP contribution in [-0.4, -0.2) is 36.9 Å². The lowest BCUT2D eigenvalue weighted by atomic mass is 10.1. The topological polar surface area (TPSA) is 52.7 Å². The highest BCUT2D eigenvalue weighted by atomic mass is 35.5. The van der Waals surface area contributed by atoms with Crippen molar-refractivity contribution in [3.05, 3.63) is 58.6 Å². The monoisotopic (exact) mass is 399 g/mol. The fourth-order valence-electron chi connectivity index (χ4n) is 3.20. The van der Waals surface area contributed by atoms with Crippen LogP contribution in [-0.2, 0) is 11.3 Å². The molecule has 1 aliphatic rings. The zero-order chi connectivity index (χ0) is 20.3. The molecule has 0 saturated heterocycles. The van der Waals surface area contributed by atoms with Crippen molar-refractivity contribution in [1.29, 1.82) is 0 Å². The average Bonchev–Trinajstić information content (AvgIpc) is 3.51. The van der Waals surface area contributed by atoms with E-state index in [4.69, 9.17) is 11.6 Å². The van der Waals surface area contributed by atoms with Crippen molar-refractivity contribution in [2.24, 2.45) is 0 Å². The zero-order valence-electron chi connectivity index (χ0n) is 16.5. The normalized spacial score (nSPS) is 13.1. The Morgan fingerprint density at radius 2 is 1.86 bits per heavy atom. The number of carbonyl (C=O) groups excluding carboxylic acids is 2. The lowest BCUT2D eigenvalue weighted by Gasteiger charge is -2.26. The van der Waals surface area contributed by atoms with Gasteiger partial charge in [-0.05, 0) is 48.7 Å². The van der Waals surface area contributed by atoms with Gasteiger partial charge in [0.2, 0.25) is 5.91 Å². The third-order valence-corrected chi connectivity index (χ3v) is 5.19.